The summed E-state index contributed by atoms with van der Waals surface area (Å²) >= 11 is 5.97. The van der Waals surface area contributed by atoms with Crippen LogP contribution in [-0.2, 0) is 6.54 Å². The highest BCUT2D eigenvalue weighted by Gasteiger charge is 2.13. The van der Waals surface area contributed by atoms with Gasteiger partial charge in [0.1, 0.15) is 5.56 Å². The molecule has 1 aromatic carbocycles. The summed E-state index contributed by atoms with van der Waals surface area (Å²) in [5, 5.41) is 3.14. The quantitative estimate of drug-likeness (QED) is 0.781. The minimum absolute atomic E-state index is 0.0228. The van der Waals surface area contributed by atoms with Gasteiger partial charge in [-0.15, -0.1) is 0 Å². The lowest BCUT2D eigenvalue weighted by Crippen LogP contribution is -2.29. The van der Waals surface area contributed by atoms with Crippen molar-refractivity contribution in [1.82, 2.24) is 14.5 Å². The van der Waals surface area contributed by atoms with Gasteiger partial charge in [0.2, 0.25) is 5.95 Å². The van der Waals surface area contributed by atoms with Gasteiger partial charge < -0.3 is 4.57 Å². The van der Waals surface area contributed by atoms with E-state index >= 15 is 0 Å². The van der Waals surface area contributed by atoms with E-state index in [1.54, 1.807) is 43.6 Å². The van der Waals surface area contributed by atoms with E-state index in [4.69, 9.17) is 11.6 Å². The average Bonchev–Trinajstić information content (AvgIpc) is 2.57. The number of nitrogens with one attached hydrogen (secondary N) is 1. The molecule has 0 bridgehead atoms. The van der Waals surface area contributed by atoms with E-state index in [1.165, 1.54) is 10.6 Å². The van der Waals surface area contributed by atoms with Crippen LogP contribution in [0.3, 0.4) is 0 Å². The summed E-state index contributed by atoms with van der Waals surface area (Å²) in [5.74, 6) is -0.384. The number of rotatable bonds is 4. The summed E-state index contributed by atoms with van der Waals surface area (Å²) in [6, 6.07) is 12.1. The molecule has 25 heavy (non-hydrogen) atoms. The molecule has 0 atom stereocenters. The van der Waals surface area contributed by atoms with Crippen molar-refractivity contribution >= 4 is 23.5 Å². The van der Waals surface area contributed by atoms with Crippen molar-refractivity contribution in [3.63, 3.8) is 0 Å². The lowest BCUT2D eigenvalue weighted by atomic mass is 10.2. The maximum absolute atomic E-state index is 12.6. The number of amides is 1. The fourth-order valence-corrected chi connectivity index (χ4v) is 2.56. The molecule has 0 spiro atoms. The van der Waals surface area contributed by atoms with E-state index in [0.29, 0.717) is 11.6 Å². The van der Waals surface area contributed by atoms with Crippen molar-refractivity contribution < 1.29 is 4.79 Å². The number of halogens is 1. The van der Waals surface area contributed by atoms with Gasteiger partial charge in [0.25, 0.3) is 11.5 Å². The van der Waals surface area contributed by atoms with Crippen LogP contribution in [0.2, 0.25) is 5.02 Å². The Morgan fingerprint density at radius 3 is 2.84 bits per heavy atom. The van der Waals surface area contributed by atoms with E-state index in [0.717, 1.165) is 11.3 Å². The third-order valence-electron chi connectivity index (χ3n) is 3.53. The Kier molecular flexibility index (Phi) is 4.90. The normalized spacial score (nSPS) is 10.5. The fraction of sp³-hybridized carbons (Fsp3) is 0.111. The zero-order valence-corrected chi connectivity index (χ0v) is 14.2. The molecule has 126 valence electrons. The molecule has 0 aliphatic heterocycles. The van der Waals surface area contributed by atoms with Crippen molar-refractivity contribution in [3.05, 3.63) is 87.1 Å². The number of hydrogen-bond donors (Lipinski definition) is 1. The molecule has 2 aromatic heterocycles. The van der Waals surface area contributed by atoms with Crippen LogP contribution >= 0.6 is 11.6 Å². The van der Waals surface area contributed by atoms with Crippen LogP contribution in [0.5, 0.6) is 0 Å². The highest BCUT2D eigenvalue weighted by atomic mass is 35.5. The van der Waals surface area contributed by atoms with Gasteiger partial charge in [-0.25, -0.2) is 9.97 Å². The van der Waals surface area contributed by atoms with Crippen molar-refractivity contribution in [2.75, 3.05) is 5.32 Å². The van der Waals surface area contributed by atoms with Gasteiger partial charge in [0.15, 0.2) is 0 Å². The third kappa shape index (κ3) is 4.10. The molecule has 0 aliphatic rings. The van der Waals surface area contributed by atoms with Gasteiger partial charge in [-0.05, 0) is 42.8 Å². The molecule has 0 unspecified atom stereocenters. The molecule has 0 saturated heterocycles. The Labute approximate surface area is 149 Å². The monoisotopic (exact) mass is 354 g/mol. The standard InChI is InChI=1S/C18H15ClN4O2/c1-12-7-8-20-18(21-12)22-16(24)15-6-3-9-23(17(15)25)11-13-4-2-5-14(19)10-13/h2-10H,11H2,1H3,(H,20,21,22,24). The smallest absolute Gasteiger partial charge is 0.263 e. The molecule has 3 aromatic rings. The van der Waals surface area contributed by atoms with Gasteiger partial charge in [-0.3, -0.25) is 14.9 Å². The summed E-state index contributed by atoms with van der Waals surface area (Å²) in [6.45, 7) is 2.11. The largest absolute Gasteiger partial charge is 0.310 e. The third-order valence-corrected chi connectivity index (χ3v) is 3.76. The van der Waals surface area contributed by atoms with E-state index in [-0.39, 0.29) is 11.5 Å². The molecule has 0 aliphatic carbocycles. The molecule has 0 radical (unpaired) electrons. The molecule has 6 nitrogen and oxygen atoms in total. The Hall–Kier alpha value is -2.99. The number of carbonyl (C=O) groups excluding carboxylic acids is 1. The topological polar surface area (TPSA) is 76.9 Å². The van der Waals surface area contributed by atoms with Crippen LogP contribution in [0.15, 0.2) is 59.7 Å². The molecule has 7 heteroatoms. The predicted molar refractivity (Wildman–Crippen MR) is 96.0 cm³/mol. The first kappa shape index (κ1) is 16.9. The van der Waals surface area contributed by atoms with Crippen LogP contribution in [0, 0.1) is 6.92 Å². The Bertz CT molecular complexity index is 985. The summed E-state index contributed by atoms with van der Waals surface area (Å²) in [6.07, 6.45) is 3.17. The first-order valence-corrected chi connectivity index (χ1v) is 7.95. The minimum atomic E-state index is -0.545. The second-order valence-corrected chi connectivity index (χ2v) is 5.90. The van der Waals surface area contributed by atoms with Gasteiger partial charge in [0.05, 0.1) is 6.54 Å². The lowest BCUT2D eigenvalue weighted by molar-refractivity contribution is 0.102. The van der Waals surface area contributed by atoms with E-state index < -0.39 is 11.5 Å². The van der Waals surface area contributed by atoms with Crippen molar-refractivity contribution in [3.8, 4) is 0 Å². The zero-order valence-electron chi connectivity index (χ0n) is 13.4. The number of aromatic nitrogens is 3. The Morgan fingerprint density at radius 1 is 1.24 bits per heavy atom. The van der Waals surface area contributed by atoms with E-state index in [2.05, 4.69) is 15.3 Å². The van der Waals surface area contributed by atoms with E-state index in [1.807, 2.05) is 12.1 Å². The molecule has 2 heterocycles. The molecular weight excluding hydrogens is 340 g/mol. The number of nitrogens with zero attached hydrogens (tertiary/aromatic N) is 3. The number of aryl methyl sites for hydroxylation is 1. The van der Waals surface area contributed by atoms with Crippen LogP contribution in [-0.4, -0.2) is 20.4 Å². The van der Waals surface area contributed by atoms with Gasteiger partial charge in [0, 0.05) is 23.1 Å². The van der Waals surface area contributed by atoms with Crippen LogP contribution in [0.25, 0.3) is 0 Å². The van der Waals surface area contributed by atoms with Crippen molar-refractivity contribution in [1.29, 1.82) is 0 Å². The minimum Gasteiger partial charge on any atom is -0.310 e. The van der Waals surface area contributed by atoms with Crippen molar-refractivity contribution in [2.24, 2.45) is 0 Å². The molecule has 0 saturated carbocycles. The molecule has 0 fully saturated rings. The molecule has 1 N–H and O–H groups in total. The van der Waals surface area contributed by atoms with Crippen LogP contribution < -0.4 is 10.9 Å². The van der Waals surface area contributed by atoms with E-state index in [9.17, 15) is 9.59 Å². The first-order chi connectivity index (χ1) is 12.0. The second kappa shape index (κ2) is 7.27. The van der Waals surface area contributed by atoms with Crippen LogP contribution in [0.1, 0.15) is 21.6 Å². The molecule has 1 amide bonds. The van der Waals surface area contributed by atoms with Gasteiger partial charge in [-0.1, -0.05) is 23.7 Å². The summed E-state index contributed by atoms with van der Waals surface area (Å²) in [5.41, 5.74) is 1.22. The maximum atomic E-state index is 12.6. The summed E-state index contributed by atoms with van der Waals surface area (Å²) in [4.78, 5) is 33.0. The number of pyridine rings is 1. The number of benzene rings is 1. The van der Waals surface area contributed by atoms with Crippen LogP contribution in [0.4, 0.5) is 5.95 Å². The SMILES string of the molecule is Cc1ccnc(NC(=O)c2cccn(Cc3cccc(Cl)c3)c2=O)n1. The van der Waals surface area contributed by atoms with Crippen molar-refractivity contribution in [2.45, 2.75) is 13.5 Å². The summed E-state index contributed by atoms with van der Waals surface area (Å²) in [7, 11) is 0. The fourth-order valence-electron chi connectivity index (χ4n) is 2.34. The molecular formula is C18H15ClN4O2. The second-order valence-electron chi connectivity index (χ2n) is 5.46. The van der Waals surface area contributed by atoms with Gasteiger partial charge >= 0.3 is 0 Å². The number of carbonyl (C=O) groups is 1. The predicted octanol–water partition coefficient (Wildman–Crippen LogP) is 2.90. The highest BCUT2D eigenvalue weighted by molar-refractivity contribution is 6.30. The Balaban J connectivity index is 1.85. The van der Waals surface area contributed by atoms with Gasteiger partial charge in [-0.2, -0.15) is 0 Å². The summed E-state index contributed by atoms with van der Waals surface area (Å²) < 4.78 is 1.46. The maximum Gasteiger partial charge on any atom is 0.263 e. The Morgan fingerprint density at radius 2 is 2.08 bits per heavy atom. The lowest BCUT2D eigenvalue weighted by Gasteiger charge is -2.09. The highest BCUT2D eigenvalue weighted by Crippen LogP contribution is 2.11. The first-order valence-electron chi connectivity index (χ1n) is 7.58. The average molecular weight is 355 g/mol. The number of hydrogen-bond acceptors (Lipinski definition) is 4. The zero-order chi connectivity index (χ0) is 17.8. The molecule has 3 rings (SSSR count). The number of anilines is 1.